The molecule has 2 aromatic rings. The molecule has 0 N–H and O–H groups in total. The zero-order valence-electron chi connectivity index (χ0n) is 11.5. The molecule has 0 saturated carbocycles. The number of nitriles is 1. The van der Waals surface area contributed by atoms with Crippen molar-refractivity contribution < 1.29 is 9.21 Å². The molecule has 0 bridgehead atoms. The normalized spacial score (nSPS) is 10.1. The average Bonchev–Trinajstić information content (AvgIpc) is 2.94. The highest BCUT2D eigenvalue weighted by molar-refractivity contribution is 6.29. The number of carbonyl (C=O) groups is 1. The number of hydrogen-bond donors (Lipinski definition) is 0. The van der Waals surface area contributed by atoms with Crippen molar-refractivity contribution in [1.82, 2.24) is 9.88 Å². The zero-order valence-corrected chi connectivity index (χ0v) is 12.3. The highest BCUT2D eigenvalue weighted by atomic mass is 35.5. The zero-order chi connectivity index (χ0) is 15.2. The van der Waals surface area contributed by atoms with Crippen LogP contribution < -0.4 is 0 Å². The number of hydrogen-bond acceptors (Lipinski definition) is 4. The largest absolute Gasteiger partial charge is 0.467 e. The van der Waals surface area contributed by atoms with E-state index < -0.39 is 0 Å². The molecule has 6 heteroatoms. The summed E-state index contributed by atoms with van der Waals surface area (Å²) in [7, 11) is 0. The Morgan fingerprint density at radius 1 is 1.52 bits per heavy atom. The molecule has 21 heavy (non-hydrogen) atoms. The summed E-state index contributed by atoms with van der Waals surface area (Å²) < 4.78 is 5.26. The minimum absolute atomic E-state index is 0.200. The van der Waals surface area contributed by atoms with Crippen LogP contribution in [0.25, 0.3) is 0 Å². The number of furan rings is 1. The van der Waals surface area contributed by atoms with Gasteiger partial charge in [-0.2, -0.15) is 5.26 Å². The quantitative estimate of drug-likeness (QED) is 0.795. The molecule has 0 spiro atoms. The molecular weight excluding hydrogens is 290 g/mol. The maximum atomic E-state index is 12.6. The first-order chi connectivity index (χ1) is 10.1. The molecule has 5 nitrogen and oxygen atoms in total. The van der Waals surface area contributed by atoms with E-state index in [0.29, 0.717) is 30.1 Å². The van der Waals surface area contributed by atoms with Crippen LogP contribution in [-0.2, 0) is 6.54 Å². The summed E-state index contributed by atoms with van der Waals surface area (Å²) in [6.07, 6.45) is 1.81. The first-order valence-corrected chi connectivity index (χ1v) is 6.80. The summed E-state index contributed by atoms with van der Waals surface area (Å²) in [5.41, 5.74) is 1.13. The standard InChI is InChI=1S/C15H14ClN3O2/c1-11-8-12(9-14(16)18-11)15(20)19(6-3-5-17)10-13-4-2-7-21-13/h2,4,7-9H,3,6,10H2,1H3. The van der Waals surface area contributed by atoms with Crippen LogP contribution in [0.1, 0.15) is 28.2 Å². The van der Waals surface area contributed by atoms with Gasteiger partial charge in [-0.3, -0.25) is 4.79 Å². The fourth-order valence-corrected chi connectivity index (χ4v) is 2.21. The highest BCUT2D eigenvalue weighted by Crippen LogP contribution is 2.15. The van der Waals surface area contributed by atoms with Crippen LogP contribution >= 0.6 is 11.6 Å². The molecule has 108 valence electrons. The molecule has 0 aliphatic heterocycles. The van der Waals surface area contributed by atoms with E-state index in [1.165, 1.54) is 6.07 Å². The van der Waals surface area contributed by atoms with Crippen LogP contribution in [0.3, 0.4) is 0 Å². The summed E-state index contributed by atoms with van der Waals surface area (Å²) in [4.78, 5) is 18.2. The maximum absolute atomic E-state index is 12.6. The van der Waals surface area contributed by atoms with E-state index in [9.17, 15) is 4.79 Å². The van der Waals surface area contributed by atoms with E-state index in [0.717, 1.165) is 0 Å². The second kappa shape index (κ2) is 6.91. The fraction of sp³-hybridized carbons (Fsp3) is 0.267. The number of pyridine rings is 1. The van der Waals surface area contributed by atoms with Gasteiger partial charge in [0.1, 0.15) is 10.9 Å². The van der Waals surface area contributed by atoms with Crippen LogP contribution in [0, 0.1) is 18.3 Å². The second-order valence-electron chi connectivity index (χ2n) is 4.53. The average molecular weight is 304 g/mol. The number of aryl methyl sites for hydroxylation is 1. The van der Waals surface area contributed by atoms with Gasteiger partial charge < -0.3 is 9.32 Å². The first-order valence-electron chi connectivity index (χ1n) is 6.43. The smallest absolute Gasteiger partial charge is 0.254 e. The molecule has 0 unspecified atom stereocenters. The Balaban J connectivity index is 2.22. The van der Waals surface area contributed by atoms with Crippen molar-refractivity contribution in [3.05, 3.63) is 52.7 Å². The molecule has 2 aromatic heterocycles. The highest BCUT2D eigenvalue weighted by Gasteiger charge is 2.18. The van der Waals surface area contributed by atoms with Crippen molar-refractivity contribution in [2.75, 3.05) is 6.54 Å². The Kier molecular flexibility index (Phi) is 4.96. The Morgan fingerprint density at radius 2 is 2.33 bits per heavy atom. The van der Waals surface area contributed by atoms with Crippen LogP contribution in [0.15, 0.2) is 34.9 Å². The van der Waals surface area contributed by atoms with Crippen LogP contribution in [0.2, 0.25) is 5.15 Å². The van der Waals surface area contributed by atoms with E-state index >= 15 is 0 Å². The summed E-state index contributed by atoms with van der Waals surface area (Å²) in [5, 5.41) is 9.01. The van der Waals surface area contributed by atoms with Gasteiger partial charge in [-0.25, -0.2) is 4.98 Å². The molecule has 0 aliphatic carbocycles. The van der Waals surface area contributed by atoms with E-state index in [4.69, 9.17) is 21.3 Å². The van der Waals surface area contributed by atoms with Crippen LogP contribution in [0.5, 0.6) is 0 Å². The third-order valence-electron chi connectivity index (χ3n) is 2.88. The van der Waals surface area contributed by atoms with Crippen molar-refractivity contribution >= 4 is 17.5 Å². The number of rotatable bonds is 5. The van der Waals surface area contributed by atoms with Gasteiger partial charge in [0, 0.05) is 17.8 Å². The van der Waals surface area contributed by atoms with Gasteiger partial charge in [0.25, 0.3) is 5.91 Å². The van der Waals surface area contributed by atoms with Gasteiger partial charge in [-0.05, 0) is 31.2 Å². The number of amides is 1. The molecule has 2 rings (SSSR count). The summed E-state index contributed by atoms with van der Waals surface area (Å²) in [6.45, 7) is 2.41. The van der Waals surface area contributed by atoms with Gasteiger partial charge in [0.2, 0.25) is 0 Å². The van der Waals surface area contributed by atoms with Crippen molar-refractivity contribution in [2.45, 2.75) is 19.9 Å². The molecule has 0 fully saturated rings. The molecule has 1 amide bonds. The Morgan fingerprint density at radius 3 is 2.95 bits per heavy atom. The molecule has 0 atom stereocenters. The number of nitrogens with zero attached hydrogens (tertiary/aromatic N) is 3. The van der Waals surface area contributed by atoms with Gasteiger partial charge in [-0.15, -0.1) is 0 Å². The lowest BCUT2D eigenvalue weighted by Crippen LogP contribution is -2.31. The van der Waals surface area contributed by atoms with Crippen LogP contribution in [-0.4, -0.2) is 22.3 Å². The Hall–Kier alpha value is -2.32. The third-order valence-corrected chi connectivity index (χ3v) is 3.07. The van der Waals surface area contributed by atoms with Gasteiger partial charge in [-0.1, -0.05) is 11.6 Å². The SMILES string of the molecule is Cc1cc(C(=O)N(CCC#N)Cc2ccco2)cc(Cl)n1. The van der Waals surface area contributed by atoms with Gasteiger partial charge in [0.15, 0.2) is 0 Å². The molecular formula is C15H14ClN3O2. The minimum atomic E-state index is -0.200. The second-order valence-corrected chi connectivity index (χ2v) is 4.92. The van der Waals surface area contributed by atoms with Crippen LogP contribution in [0.4, 0.5) is 0 Å². The summed E-state index contributed by atoms with van der Waals surface area (Å²) in [6, 6.07) is 8.80. The number of carbonyl (C=O) groups excluding carboxylic acids is 1. The van der Waals surface area contributed by atoms with E-state index in [1.807, 2.05) is 6.07 Å². The predicted octanol–water partition coefficient (Wildman–Crippen LogP) is 3.19. The number of halogens is 1. The van der Waals surface area contributed by atoms with E-state index in [1.54, 1.807) is 36.3 Å². The number of aromatic nitrogens is 1. The summed E-state index contributed by atoms with van der Waals surface area (Å²) in [5.74, 6) is 0.465. The van der Waals surface area contributed by atoms with Crippen molar-refractivity contribution in [1.29, 1.82) is 5.26 Å². The van der Waals surface area contributed by atoms with Crippen molar-refractivity contribution in [3.8, 4) is 6.07 Å². The predicted molar refractivity (Wildman–Crippen MR) is 77.7 cm³/mol. The monoisotopic (exact) mass is 303 g/mol. The van der Waals surface area contributed by atoms with E-state index in [2.05, 4.69) is 4.98 Å². The molecule has 0 saturated heterocycles. The lowest BCUT2D eigenvalue weighted by Gasteiger charge is -2.20. The van der Waals surface area contributed by atoms with Crippen molar-refractivity contribution in [2.24, 2.45) is 0 Å². The minimum Gasteiger partial charge on any atom is -0.467 e. The lowest BCUT2D eigenvalue weighted by molar-refractivity contribution is 0.0735. The lowest BCUT2D eigenvalue weighted by atomic mass is 10.2. The fourth-order valence-electron chi connectivity index (χ4n) is 1.96. The molecule has 0 aromatic carbocycles. The van der Waals surface area contributed by atoms with Gasteiger partial charge >= 0.3 is 0 Å². The van der Waals surface area contributed by atoms with Crippen molar-refractivity contribution in [3.63, 3.8) is 0 Å². The topological polar surface area (TPSA) is 70.1 Å². The first kappa shape index (κ1) is 15.1. The van der Waals surface area contributed by atoms with E-state index in [-0.39, 0.29) is 17.5 Å². The summed E-state index contributed by atoms with van der Waals surface area (Å²) >= 11 is 5.89. The molecule has 0 radical (unpaired) electrons. The Bertz CT molecular complexity index is 642. The molecule has 0 aliphatic rings. The molecule has 2 heterocycles. The third kappa shape index (κ3) is 4.07. The Labute approximate surface area is 127 Å². The van der Waals surface area contributed by atoms with Gasteiger partial charge in [0.05, 0.1) is 25.3 Å². The maximum Gasteiger partial charge on any atom is 0.254 e.